The Hall–Kier alpha value is -3.66. The van der Waals surface area contributed by atoms with Crippen molar-refractivity contribution >= 4 is 17.5 Å². The fourth-order valence-electron chi connectivity index (χ4n) is 2.24. The molecule has 0 heterocycles. The molecule has 2 aromatic rings. The molecule has 0 aliphatic heterocycles. The summed E-state index contributed by atoms with van der Waals surface area (Å²) >= 11 is 0. The SMILES string of the molecule is COc1cc(/C=C/C(=O)c2ccc(C)c([N+](=O)[O-])c2)ccc1OCC#N. The molecule has 0 saturated heterocycles. The smallest absolute Gasteiger partial charge is 0.273 e. The van der Waals surface area contributed by atoms with Crippen molar-refractivity contribution in [3.63, 3.8) is 0 Å². The van der Waals surface area contributed by atoms with Crippen LogP contribution in [-0.2, 0) is 0 Å². The van der Waals surface area contributed by atoms with E-state index in [9.17, 15) is 14.9 Å². The third-order valence-electron chi connectivity index (χ3n) is 3.60. The summed E-state index contributed by atoms with van der Waals surface area (Å²) in [6.45, 7) is 1.51. The number of hydrogen-bond acceptors (Lipinski definition) is 6. The maximum Gasteiger partial charge on any atom is 0.273 e. The van der Waals surface area contributed by atoms with Crippen LogP contribution in [0.2, 0.25) is 0 Å². The van der Waals surface area contributed by atoms with Crippen molar-refractivity contribution in [2.75, 3.05) is 13.7 Å². The third kappa shape index (κ3) is 4.45. The van der Waals surface area contributed by atoms with Crippen molar-refractivity contribution in [2.45, 2.75) is 6.92 Å². The van der Waals surface area contributed by atoms with E-state index in [4.69, 9.17) is 14.7 Å². The first-order valence-corrected chi connectivity index (χ1v) is 7.61. The molecular formula is C19H16N2O5. The summed E-state index contributed by atoms with van der Waals surface area (Å²) in [4.78, 5) is 22.7. The third-order valence-corrected chi connectivity index (χ3v) is 3.60. The summed E-state index contributed by atoms with van der Waals surface area (Å²) in [5.74, 6) is 0.504. The van der Waals surface area contributed by atoms with Crippen LogP contribution in [0.4, 0.5) is 5.69 Å². The first-order valence-electron chi connectivity index (χ1n) is 7.61. The zero-order valence-electron chi connectivity index (χ0n) is 14.3. The predicted molar refractivity (Wildman–Crippen MR) is 95.3 cm³/mol. The molecule has 0 bridgehead atoms. The molecular weight excluding hydrogens is 336 g/mol. The second-order valence-electron chi connectivity index (χ2n) is 5.31. The van der Waals surface area contributed by atoms with Crippen molar-refractivity contribution in [3.8, 4) is 17.6 Å². The summed E-state index contributed by atoms with van der Waals surface area (Å²) in [7, 11) is 1.47. The summed E-state index contributed by atoms with van der Waals surface area (Å²) in [6, 6.07) is 11.2. The first-order chi connectivity index (χ1) is 12.5. The molecule has 132 valence electrons. The van der Waals surface area contributed by atoms with E-state index in [0.717, 1.165) is 0 Å². The first kappa shape index (κ1) is 18.7. The molecule has 0 atom stereocenters. The van der Waals surface area contributed by atoms with Gasteiger partial charge in [0, 0.05) is 17.2 Å². The Morgan fingerprint density at radius 3 is 2.69 bits per heavy atom. The quantitative estimate of drug-likeness (QED) is 0.326. The molecule has 0 radical (unpaired) electrons. The topological polar surface area (TPSA) is 102 Å². The van der Waals surface area contributed by atoms with E-state index < -0.39 is 4.92 Å². The van der Waals surface area contributed by atoms with Crippen LogP contribution in [0, 0.1) is 28.4 Å². The lowest BCUT2D eigenvalue weighted by atomic mass is 10.1. The van der Waals surface area contributed by atoms with Crippen molar-refractivity contribution in [2.24, 2.45) is 0 Å². The Labute approximate surface area is 150 Å². The van der Waals surface area contributed by atoms with Crippen LogP contribution >= 0.6 is 0 Å². The fraction of sp³-hybridized carbons (Fsp3) is 0.158. The Balaban J connectivity index is 2.21. The van der Waals surface area contributed by atoms with Gasteiger partial charge in [0.1, 0.15) is 6.07 Å². The van der Waals surface area contributed by atoms with Crippen molar-refractivity contribution in [3.05, 3.63) is 69.3 Å². The van der Waals surface area contributed by atoms with E-state index in [1.807, 2.05) is 6.07 Å². The van der Waals surface area contributed by atoms with Gasteiger partial charge in [-0.1, -0.05) is 24.3 Å². The zero-order chi connectivity index (χ0) is 19.1. The number of methoxy groups -OCH3 is 1. The van der Waals surface area contributed by atoms with Gasteiger partial charge in [-0.3, -0.25) is 14.9 Å². The molecule has 2 aromatic carbocycles. The van der Waals surface area contributed by atoms with Gasteiger partial charge in [0.15, 0.2) is 23.9 Å². The molecule has 0 spiro atoms. The minimum absolute atomic E-state index is 0.0927. The number of carbonyl (C=O) groups excluding carboxylic acids is 1. The lowest BCUT2D eigenvalue weighted by molar-refractivity contribution is -0.385. The highest BCUT2D eigenvalue weighted by molar-refractivity contribution is 6.07. The van der Waals surface area contributed by atoms with Crippen molar-refractivity contribution in [1.82, 2.24) is 0 Å². The number of nitro benzene ring substituents is 1. The van der Waals surface area contributed by atoms with Gasteiger partial charge in [0.05, 0.1) is 12.0 Å². The normalized spacial score (nSPS) is 10.3. The molecule has 0 aliphatic rings. The molecule has 7 nitrogen and oxygen atoms in total. The number of rotatable bonds is 7. The van der Waals surface area contributed by atoms with E-state index in [0.29, 0.717) is 22.6 Å². The van der Waals surface area contributed by atoms with Gasteiger partial charge >= 0.3 is 0 Å². The lowest BCUT2D eigenvalue weighted by Gasteiger charge is -2.08. The Morgan fingerprint density at radius 2 is 2.04 bits per heavy atom. The number of nitro groups is 1. The van der Waals surface area contributed by atoms with Crippen LogP contribution in [0.5, 0.6) is 11.5 Å². The number of ketones is 1. The molecule has 0 saturated carbocycles. The van der Waals surface area contributed by atoms with Crippen LogP contribution < -0.4 is 9.47 Å². The van der Waals surface area contributed by atoms with Crippen LogP contribution in [0.1, 0.15) is 21.5 Å². The second-order valence-corrected chi connectivity index (χ2v) is 5.31. The minimum Gasteiger partial charge on any atom is -0.493 e. The number of nitriles is 1. The summed E-state index contributed by atoms with van der Waals surface area (Å²) < 4.78 is 10.4. The number of aryl methyl sites for hydroxylation is 1. The molecule has 0 N–H and O–H groups in total. The molecule has 0 amide bonds. The van der Waals surface area contributed by atoms with Gasteiger partial charge in [-0.2, -0.15) is 5.26 Å². The van der Waals surface area contributed by atoms with E-state index in [1.54, 1.807) is 43.3 Å². The average Bonchev–Trinajstić information content (AvgIpc) is 2.64. The largest absolute Gasteiger partial charge is 0.493 e. The van der Waals surface area contributed by atoms with Gasteiger partial charge in [-0.15, -0.1) is 0 Å². The molecule has 0 unspecified atom stereocenters. The molecule has 7 heteroatoms. The van der Waals surface area contributed by atoms with E-state index >= 15 is 0 Å². The van der Waals surface area contributed by atoms with Crippen molar-refractivity contribution in [1.29, 1.82) is 5.26 Å². The van der Waals surface area contributed by atoms with Gasteiger partial charge in [-0.25, -0.2) is 0 Å². The van der Waals surface area contributed by atoms with Crippen LogP contribution in [-0.4, -0.2) is 24.4 Å². The van der Waals surface area contributed by atoms with Gasteiger partial charge in [0.2, 0.25) is 0 Å². The Kier molecular flexibility index (Phi) is 6.06. The molecule has 0 fully saturated rings. The number of hydrogen-bond donors (Lipinski definition) is 0. The predicted octanol–water partition coefficient (Wildman–Crippen LogP) is 3.71. The lowest BCUT2D eigenvalue weighted by Crippen LogP contribution is -1.99. The number of allylic oxidation sites excluding steroid dienone is 1. The highest BCUT2D eigenvalue weighted by atomic mass is 16.6. The summed E-state index contributed by atoms with van der Waals surface area (Å²) in [5.41, 5.74) is 1.32. The summed E-state index contributed by atoms with van der Waals surface area (Å²) in [6.07, 6.45) is 2.91. The van der Waals surface area contributed by atoms with E-state index in [-0.39, 0.29) is 23.6 Å². The van der Waals surface area contributed by atoms with Gasteiger partial charge in [0.25, 0.3) is 5.69 Å². The monoisotopic (exact) mass is 352 g/mol. The molecule has 0 aliphatic carbocycles. The van der Waals surface area contributed by atoms with Crippen LogP contribution in [0.25, 0.3) is 6.08 Å². The zero-order valence-corrected chi connectivity index (χ0v) is 14.3. The maximum atomic E-state index is 12.3. The van der Waals surface area contributed by atoms with Crippen LogP contribution in [0.3, 0.4) is 0 Å². The maximum absolute atomic E-state index is 12.3. The van der Waals surface area contributed by atoms with E-state index in [1.165, 1.54) is 19.3 Å². The highest BCUT2D eigenvalue weighted by Gasteiger charge is 2.13. The number of benzene rings is 2. The fourth-order valence-corrected chi connectivity index (χ4v) is 2.24. The Bertz CT molecular complexity index is 913. The molecule has 2 rings (SSSR count). The van der Waals surface area contributed by atoms with Gasteiger partial charge < -0.3 is 9.47 Å². The number of nitrogens with zero attached hydrogens (tertiary/aromatic N) is 2. The standard InChI is InChI=1S/C19H16N2O5/c1-13-3-6-15(12-16(13)21(23)24)17(22)7-4-14-5-8-18(26-10-9-20)19(11-14)25-2/h3-8,11-12H,10H2,1-2H3/b7-4+. The Morgan fingerprint density at radius 1 is 1.27 bits per heavy atom. The van der Waals surface area contributed by atoms with E-state index in [2.05, 4.69) is 0 Å². The molecule has 0 aromatic heterocycles. The number of carbonyl (C=O) groups is 1. The van der Waals surface area contributed by atoms with Crippen molar-refractivity contribution < 1.29 is 19.2 Å². The summed E-state index contributed by atoms with van der Waals surface area (Å²) in [5, 5.41) is 19.5. The van der Waals surface area contributed by atoms with Crippen LogP contribution in [0.15, 0.2) is 42.5 Å². The second kappa shape index (κ2) is 8.44. The minimum atomic E-state index is -0.513. The molecule has 26 heavy (non-hydrogen) atoms. The number of ether oxygens (including phenoxy) is 2. The van der Waals surface area contributed by atoms with Gasteiger partial charge in [-0.05, 0) is 30.7 Å². The average molecular weight is 352 g/mol. The highest BCUT2D eigenvalue weighted by Crippen LogP contribution is 2.28.